The maximum atomic E-state index is 14.1. The lowest BCUT2D eigenvalue weighted by Gasteiger charge is -2.35. The summed E-state index contributed by atoms with van der Waals surface area (Å²) >= 11 is 5.80. The molecule has 0 aliphatic carbocycles. The highest BCUT2D eigenvalue weighted by atomic mass is 35.5. The molecule has 7 nitrogen and oxygen atoms in total. The highest BCUT2D eigenvalue weighted by Crippen LogP contribution is 2.27. The van der Waals surface area contributed by atoms with Crippen LogP contribution in [0.25, 0.3) is 0 Å². The summed E-state index contributed by atoms with van der Waals surface area (Å²) in [4.78, 5) is 8.08. The molecule has 0 spiro atoms. The first-order chi connectivity index (χ1) is 13.8. The molecule has 0 saturated carbocycles. The van der Waals surface area contributed by atoms with Crippen LogP contribution in [-0.4, -0.2) is 50.7 Å². The number of nitrogens with zero attached hydrogens (tertiary/aromatic N) is 7. The van der Waals surface area contributed by atoms with Crippen molar-refractivity contribution in [2.75, 3.05) is 36.0 Å². The summed E-state index contributed by atoms with van der Waals surface area (Å²) in [5.41, 5.74) is -0.463. The lowest BCUT2D eigenvalue weighted by Crippen LogP contribution is -2.47. The molecule has 12 heteroatoms. The van der Waals surface area contributed by atoms with E-state index in [0.717, 1.165) is 10.7 Å². The fourth-order valence-electron chi connectivity index (χ4n) is 3.12. The number of hydrogen-bond donors (Lipinski definition) is 0. The van der Waals surface area contributed by atoms with Crippen molar-refractivity contribution in [3.63, 3.8) is 0 Å². The van der Waals surface area contributed by atoms with E-state index < -0.39 is 11.9 Å². The highest BCUT2D eigenvalue weighted by Gasteiger charge is 2.33. The molecule has 1 saturated heterocycles. The first kappa shape index (κ1) is 19.5. The van der Waals surface area contributed by atoms with Crippen LogP contribution in [0.1, 0.15) is 5.69 Å². The number of anilines is 2. The zero-order chi connectivity index (χ0) is 20.6. The molecule has 0 N–H and O–H groups in total. The lowest BCUT2D eigenvalue weighted by atomic mass is 10.2. The van der Waals surface area contributed by atoms with E-state index in [1.165, 1.54) is 23.3 Å². The van der Waals surface area contributed by atoms with Crippen molar-refractivity contribution in [1.29, 1.82) is 0 Å². The summed E-state index contributed by atoms with van der Waals surface area (Å²) in [5.74, 6) is 0.0928. The van der Waals surface area contributed by atoms with E-state index in [9.17, 15) is 17.6 Å². The Kier molecular flexibility index (Phi) is 5.07. The van der Waals surface area contributed by atoms with Crippen LogP contribution >= 0.6 is 11.6 Å². The Hall–Kier alpha value is -2.82. The molecular formula is C17H16ClF4N7. The molecular weight excluding hydrogens is 414 g/mol. The van der Waals surface area contributed by atoms with Gasteiger partial charge in [-0.2, -0.15) is 18.3 Å². The SMILES string of the molecule is Fc1cc(Cl)ccc1N1CCN(c2ncn(Cn3ccc(C(F)(F)F)n3)n2)CC1. The minimum absolute atomic E-state index is 0.0129. The van der Waals surface area contributed by atoms with Crippen LogP contribution in [-0.2, 0) is 12.8 Å². The first-order valence-electron chi connectivity index (χ1n) is 8.74. The first-order valence-corrected chi connectivity index (χ1v) is 9.12. The standard InChI is InChI=1S/C17H16ClF4N7/c18-12-1-2-14(13(19)9-12)26-5-7-27(8-6-26)16-23-10-29(25-16)11-28-4-3-15(24-28)17(20,21)22/h1-4,9-10H,5-8,11H2. The van der Waals surface area contributed by atoms with Crippen LogP contribution in [0.2, 0.25) is 5.02 Å². The topological polar surface area (TPSA) is 55.0 Å². The Bertz CT molecular complexity index is 992. The van der Waals surface area contributed by atoms with Gasteiger partial charge in [0.2, 0.25) is 5.95 Å². The molecule has 4 rings (SSSR count). The molecule has 0 unspecified atom stereocenters. The van der Waals surface area contributed by atoms with Crippen molar-refractivity contribution in [1.82, 2.24) is 24.5 Å². The summed E-state index contributed by atoms with van der Waals surface area (Å²) in [6.07, 6.45) is -1.80. The van der Waals surface area contributed by atoms with Gasteiger partial charge >= 0.3 is 6.18 Å². The monoisotopic (exact) mass is 429 g/mol. The van der Waals surface area contributed by atoms with Crippen LogP contribution in [0.5, 0.6) is 0 Å². The van der Waals surface area contributed by atoms with Gasteiger partial charge in [0.05, 0.1) is 5.69 Å². The quantitative estimate of drug-likeness (QED) is 0.596. The van der Waals surface area contributed by atoms with Crippen molar-refractivity contribution in [2.45, 2.75) is 12.8 Å². The average molecular weight is 430 g/mol. The third kappa shape index (κ3) is 4.29. The Labute approximate surface area is 168 Å². The second-order valence-electron chi connectivity index (χ2n) is 6.53. The molecule has 0 bridgehead atoms. The van der Waals surface area contributed by atoms with Crippen LogP contribution in [0.3, 0.4) is 0 Å². The summed E-state index contributed by atoms with van der Waals surface area (Å²) < 4.78 is 54.6. The van der Waals surface area contributed by atoms with Gasteiger partial charge in [-0.3, -0.25) is 4.68 Å². The van der Waals surface area contributed by atoms with E-state index in [1.54, 1.807) is 12.1 Å². The van der Waals surface area contributed by atoms with Crippen LogP contribution < -0.4 is 9.80 Å². The van der Waals surface area contributed by atoms with Crippen molar-refractivity contribution < 1.29 is 17.6 Å². The van der Waals surface area contributed by atoms with Gasteiger partial charge in [-0.05, 0) is 24.3 Å². The third-order valence-corrected chi connectivity index (χ3v) is 4.79. The molecule has 1 aliphatic heterocycles. The van der Waals surface area contributed by atoms with Crippen molar-refractivity contribution in [3.8, 4) is 0 Å². The molecule has 0 amide bonds. The average Bonchev–Trinajstić information content (AvgIpc) is 3.32. The van der Waals surface area contributed by atoms with Gasteiger partial charge in [0.25, 0.3) is 0 Å². The number of halogens is 5. The van der Waals surface area contributed by atoms with Gasteiger partial charge < -0.3 is 9.80 Å². The fraction of sp³-hybridized carbons (Fsp3) is 0.353. The van der Waals surface area contributed by atoms with E-state index in [4.69, 9.17) is 11.6 Å². The van der Waals surface area contributed by atoms with Gasteiger partial charge in [-0.1, -0.05) is 11.6 Å². The Balaban J connectivity index is 1.37. The molecule has 2 aromatic heterocycles. The molecule has 3 aromatic rings. The van der Waals surface area contributed by atoms with Gasteiger partial charge in [-0.15, -0.1) is 5.10 Å². The van der Waals surface area contributed by atoms with Gasteiger partial charge in [0.1, 0.15) is 18.8 Å². The van der Waals surface area contributed by atoms with E-state index in [2.05, 4.69) is 15.2 Å². The van der Waals surface area contributed by atoms with Crippen LogP contribution in [0.4, 0.5) is 29.2 Å². The van der Waals surface area contributed by atoms with Crippen molar-refractivity contribution >= 4 is 23.2 Å². The number of rotatable bonds is 4. The largest absolute Gasteiger partial charge is 0.435 e. The van der Waals surface area contributed by atoms with Crippen LogP contribution in [0.15, 0.2) is 36.8 Å². The minimum Gasteiger partial charge on any atom is -0.366 e. The van der Waals surface area contributed by atoms with Gasteiger partial charge in [0, 0.05) is 37.4 Å². The molecule has 3 heterocycles. The maximum Gasteiger partial charge on any atom is 0.435 e. The number of hydrogen-bond acceptors (Lipinski definition) is 5. The fourth-order valence-corrected chi connectivity index (χ4v) is 3.28. The summed E-state index contributed by atoms with van der Waals surface area (Å²) in [6.45, 7) is 2.31. The molecule has 0 radical (unpaired) electrons. The smallest absolute Gasteiger partial charge is 0.366 e. The van der Waals surface area contributed by atoms with Crippen molar-refractivity contribution in [2.24, 2.45) is 0 Å². The lowest BCUT2D eigenvalue weighted by molar-refractivity contribution is -0.141. The van der Waals surface area contributed by atoms with Gasteiger partial charge in [-0.25, -0.2) is 14.1 Å². The van der Waals surface area contributed by atoms with Crippen LogP contribution in [0, 0.1) is 5.82 Å². The normalized spacial score (nSPS) is 15.2. The van der Waals surface area contributed by atoms with E-state index in [-0.39, 0.29) is 12.5 Å². The second kappa shape index (κ2) is 7.54. The number of benzene rings is 1. The number of alkyl halides is 3. The zero-order valence-corrected chi connectivity index (χ0v) is 15.8. The van der Waals surface area contributed by atoms with Gasteiger partial charge in [0.15, 0.2) is 5.69 Å². The van der Waals surface area contributed by atoms with E-state index in [0.29, 0.717) is 42.8 Å². The van der Waals surface area contributed by atoms with E-state index >= 15 is 0 Å². The predicted octanol–water partition coefficient (Wildman–Crippen LogP) is 3.12. The molecule has 154 valence electrons. The van der Waals surface area contributed by atoms with Crippen molar-refractivity contribution in [3.05, 3.63) is 53.3 Å². The molecule has 29 heavy (non-hydrogen) atoms. The molecule has 1 fully saturated rings. The highest BCUT2D eigenvalue weighted by molar-refractivity contribution is 6.30. The third-order valence-electron chi connectivity index (χ3n) is 4.56. The predicted molar refractivity (Wildman–Crippen MR) is 98.5 cm³/mol. The molecule has 1 aliphatic rings. The number of aromatic nitrogens is 5. The second-order valence-corrected chi connectivity index (χ2v) is 6.97. The maximum absolute atomic E-state index is 14.1. The Morgan fingerprint density at radius 3 is 2.34 bits per heavy atom. The summed E-state index contributed by atoms with van der Waals surface area (Å²) in [7, 11) is 0. The summed E-state index contributed by atoms with van der Waals surface area (Å²) in [5, 5.41) is 8.15. The minimum atomic E-state index is -4.48. The Morgan fingerprint density at radius 2 is 1.69 bits per heavy atom. The van der Waals surface area contributed by atoms with E-state index in [1.807, 2.05) is 9.80 Å². The molecule has 1 aromatic carbocycles. The Morgan fingerprint density at radius 1 is 0.966 bits per heavy atom. The zero-order valence-electron chi connectivity index (χ0n) is 15.0. The summed E-state index contributed by atoms with van der Waals surface area (Å²) in [6, 6.07) is 5.49. The number of piperazine rings is 1. The molecule has 0 atom stereocenters.